The number of hydrogen-bond acceptors (Lipinski definition) is 13. The number of halogens is 4. The number of nitrogens with zero attached hydrogens (tertiary/aromatic N) is 4. The van der Waals surface area contributed by atoms with E-state index in [0.717, 1.165) is 61.6 Å². The average molecular weight is 1130 g/mol. The molecule has 4 aromatic carbocycles. The van der Waals surface area contributed by atoms with Gasteiger partial charge in [-0.05, 0) is 136 Å². The molecule has 1 aliphatic carbocycles. The lowest BCUT2D eigenvalue weighted by atomic mass is 9.72. The van der Waals surface area contributed by atoms with Gasteiger partial charge < -0.3 is 29.5 Å². The Hall–Kier alpha value is -4.99. The second kappa shape index (κ2) is 22.0. The number of nitrogens with one attached hydrogen (secondary N) is 2. The van der Waals surface area contributed by atoms with E-state index < -0.39 is 58.4 Å². The number of sulfonamides is 1. The predicted molar refractivity (Wildman–Crippen MR) is 290 cm³/mol. The minimum absolute atomic E-state index is 0.0141. The number of carbonyl (C=O) groups excluding carboxylic acids is 2. The van der Waals surface area contributed by atoms with Gasteiger partial charge in [-0.2, -0.15) is 13.2 Å². The standard InChI is InChI=1S/C55H66ClF3N6O8S3/c1-53(2,3)73-52(67)64-31-39-29-62(30-40(39)32-64)22-20-42(35-74-44-9-7-6-8-10-44)60-47-17-16-45(26-50(47)75(68,69)55(57,58)59)76(70,71)61-51(66)37-13-18-48-49(25-37)72-34-43-33-63(23-24-65(43)48)28-38-27-54(4,5)21-19-46(38)36-11-14-41(56)15-12-36/h6-18,25-26,39-40,42-43,60H,19-24,27-35H2,1-5H3,(H,61,66)/t39?,40?,42-,43+/m1/s1. The summed E-state index contributed by atoms with van der Waals surface area (Å²) < 4.78 is 111. The maximum atomic E-state index is 14.5. The first-order chi connectivity index (χ1) is 35.8. The monoisotopic (exact) mass is 1130 g/mol. The van der Waals surface area contributed by atoms with Gasteiger partial charge in [-0.25, -0.2) is 26.4 Å². The zero-order valence-corrected chi connectivity index (χ0v) is 46.6. The minimum Gasteiger partial charge on any atom is -0.489 e. The van der Waals surface area contributed by atoms with E-state index in [-0.39, 0.29) is 34.9 Å². The van der Waals surface area contributed by atoms with Gasteiger partial charge in [0.05, 0.1) is 22.3 Å². The minimum atomic E-state index is -6.13. The number of fused-ring (bicyclic) bond motifs is 4. The van der Waals surface area contributed by atoms with Gasteiger partial charge in [-0.3, -0.25) is 9.69 Å². The predicted octanol–water partition coefficient (Wildman–Crippen LogP) is 10.1. The van der Waals surface area contributed by atoms with Crippen molar-refractivity contribution in [1.82, 2.24) is 19.4 Å². The van der Waals surface area contributed by atoms with Crippen molar-refractivity contribution < 1.29 is 49.1 Å². The molecule has 0 radical (unpaired) electrons. The lowest BCUT2D eigenvalue weighted by Crippen LogP contribution is -2.57. The van der Waals surface area contributed by atoms with E-state index >= 15 is 0 Å². The lowest BCUT2D eigenvalue weighted by molar-refractivity contribution is -0.0436. The molecular formula is C55H66ClF3N6O8S3. The first kappa shape index (κ1) is 55.8. The number of ether oxygens (including phenoxy) is 2. The third kappa shape index (κ3) is 12.9. The summed E-state index contributed by atoms with van der Waals surface area (Å²) in [4.78, 5) is 33.9. The number of likely N-dealkylation sites (tertiary alicyclic amines) is 2. The largest absolute Gasteiger partial charge is 0.501 e. The molecule has 14 nitrogen and oxygen atoms in total. The topological polar surface area (TPSA) is 158 Å². The van der Waals surface area contributed by atoms with Crippen LogP contribution >= 0.6 is 23.4 Å². The second-order valence-electron chi connectivity index (χ2n) is 22.5. The van der Waals surface area contributed by atoms with Crippen LogP contribution in [0.3, 0.4) is 0 Å². The number of sulfone groups is 1. The van der Waals surface area contributed by atoms with Gasteiger partial charge >= 0.3 is 11.6 Å². The molecule has 3 saturated heterocycles. The Morgan fingerprint density at radius 2 is 1.59 bits per heavy atom. The van der Waals surface area contributed by atoms with Crippen LogP contribution in [0.4, 0.5) is 29.3 Å². The highest BCUT2D eigenvalue weighted by molar-refractivity contribution is 7.99. The summed E-state index contributed by atoms with van der Waals surface area (Å²) in [6.07, 6.45) is 3.11. The van der Waals surface area contributed by atoms with Gasteiger partial charge in [0.1, 0.15) is 22.9 Å². The second-order valence-corrected chi connectivity index (χ2v) is 27.6. The van der Waals surface area contributed by atoms with Gasteiger partial charge in [-0.15, -0.1) is 11.8 Å². The summed E-state index contributed by atoms with van der Waals surface area (Å²) in [7, 11) is -11.1. The number of hydrogen-bond donors (Lipinski definition) is 2. The normalized spacial score (nSPS) is 21.6. The summed E-state index contributed by atoms with van der Waals surface area (Å²) in [6.45, 7) is 16.4. The first-order valence-electron chi connectivity index (χ1n) is 25.7. The molecule has 0 bridgehead atoms. The van der Waals surface area contributed by atoms with Crippen LogP contribution in [0, 0.1) is 17.3 Å². The summed E-state index contributed by atoms with van der Waals surface area (Å²) >= 11 is 7.66. The van der Waals surface area contributed by atoms with E-state index in [1.54, 1.807) is 11.0 Å². The fraction of sp³-hybridized carbons (Fsp3) is 0.491. The van der Waals surface area contributed by atoms with Crippen LogP contribution in [0.1, 0.15) is 76.2 Å². The van der Waals surface area contributed by atoms with Crippen LogP contribution in [0.2, 0.25) is 5.02 Å². The maximum absolute atomic E-state index is 14.5. The van der Waals surface area contributed by atoms with Crippen LogP contribution in [-0.2, 0) is 24.6 Å². The van der Waals surface area contributed by atoms with Crippen molar-refractivity contribution in [1.29, 1.82) is 0 Å². The Balaban J connectivity index is 0.874. The molecular weight excluding hydrogens is 1060 g/mol. The molecule has 9 rings (SSSR count). The fourth-order valence-electron chi connectivity index (χ4n) is 11.1. The number of thioether (sulfide) groups is 1. The Morgan fingerprint density at radius 3 is 2.28 bits per heavy atom. The van der Waals surface area contributed by atoms with Crippen LogP contribution in [0.25, 0.3) is 5.57 Å². The Kier molecular flexibility index (Phi) is 16.2. The highest BCUT2D eigenvalue weighted by atomic mass is 35.5. The molecule has 3 fully saturated rings. The molecule has 2 amide bonds. The summed E-state index contributed by atoms with van der Waals surface area (Å²) in [6, 6.07) is 23.8. The van der Waals surface area contributed by atoms with Crippen molar-refractivity contribution in [2.45, 2.75) is 98.2 Å². The van der Waals surface area contributed by atoms with Crippen LogP contribution in [-0.4, -0.2) is 138 Å². The van der Waals surface area contributed by atoms with E-state index in [2.05, 4.69) is 46.0 Å². The molecule has 0 aromatic heterocycles. The lowest BCUT2D eigenvalue weighted by Gasteiger charge is -2.46. The summed E-state index contributed by atoms with van der Waals surface area (Å²) in [5.74, 6) is 0.0470. The van der Waals surface area contributed by atoms with E-state index in [4.69, 9.17) is 21.1 Å². The molecule has 410 valence electrons. The molecule has 4 atom stereocenters. The number of anilines is 2. The molecule has 4 aliphatic heterocycles. The van der Waals surface area contributed by atoms with Crippen LogP contribution in [0.15, 0.2) is 111 Å². The SMILES string of the molecule is CC1(C)CCC(c2ccc(Cl)cc2)=C(CN2CCN3c4ccc(C(=O)NS(=O)(=O)c5ccc(N[C@H](CCN6CC7CN(C(=O)OC(C)(C)C)CC7C6)CSc6ccccc6)c(S(=O)(=O)C(F)(F)F)c5)cc4OC[C@@H]3C2)C1. The molecule has 4 aromatic rings. The summed E-state index contributed by atoms with van der Waals surface area (Å²) in [5, 5.41) is 3.74. The third-order valence-corrected chi connectivity index (χ3v) is 19.2. The number of alkyl halides is 3. The highest BCUT2D eigenvalue weighted by Gasteiger charge is 2.49. The zero-order chi connectivity index (χ0) is 54.4. The number of allylic oxidation sites excluding steroid dienone is 1. The summed E-state index contributed by atoms with van der Waals surface area (Å²) in [5.41, 5.74) is -2.00. The number of amides is 2. The van der Waals surface area contributed by atoms with E-state index in [1.807, 2.05) is 68.0 Å². The molecule has 2 unspecified atom stereocenters. The average Bonchev–Trinajstić information content (AvgIpc) is 3.95. The molecule has 0 saturated carbocycles. The molecule has 4 heterocycles. The van der Waals surface area contributed by atoms with Crippen LogP contribution < -0.4 is 19.7 Å². The number of piperazine rings is 1. The Bertz CT molecular complexity index is 3050. The fourth-order valence-corrected chi connectivity index (χ4v) is 14.3. The molecule has 21 heteroatoms. The number of benzene rings is 4. The van der Waals surface area contributed by atoms with Crippen molar-refractivity contribution >= 4 is 72.2 Å². The number of carbonyl (C=O) groups is 2. The number of rotatable bonds is 15. The van der Waals surface area contributed by atoms with Crippen molar-refractivity contribution in [3.8, 4) is 5.75 Å². The van der Waals surface area contributed by atoms with Gasteiger partial charge in [0.2, 0.25) is 0 Å². The van der Waals surface area contributed by atoms with Gasteiger partial charge in [0, 0.05) is 86.2 Å². The van der Waals surface area contributed by atoms with Crippen molar-refractivity contribution in [2.24, 2.45) is 17.3 Å². The van der Waals surface area contributed by atoms with Crippen molar-refractivity contribution in [2.75, 3.05) is 81.5 Å². The maximum Gasteiger partial charge on any atom is 0.501 e. The smallest absolute Gasteiger partial charge is 0.489 e. The van der Waals surface area contributed by atoms with E-state index in [0.29, 0.717) is 74.9 Å². The van der Waals surface area contributed by atoms with E-state index in [9.17, 15) is 39.6 Å². The van der Waals surface area contributed by atoms with Gasteiger partial charge in [0.15, 0.2) is 0 Å². The van der Waals surface area contributed by atoms with Crippen LogP contribution in [0.5, 0.6) is 5.75 Å². The van der Waals surface area contributed by atoms with Gasteiger partial charge in [-0.1, -0.05) is 61.4 Å². The third-order valence-electron chi connectivity index (χ3n) is 15.0. The first-order valence-corrected chi connectivity index (χ1v) is 30.0. The molecule has 76 heavy (non-hydrogen) atoms. The molecule has 2 N–H and O–H groups in total. The van der Waals surface area contributed by atoms with Gasteiger partial charge in [0.25, 0.3) is 25.8 Å². The Morgan fingerprint density at radius 1 is 0.882 bits per heavy atom. The zero-order valence-electron chi connectivity index (χ0n) is 43.4. The molecule has 5 aliphatic rings. The van der Waals surface area contributed by atoms with Crippen molar-refractivity contribution in [3.63, 3.8) is 0 Å². The molecule has 0 spiro atoms. The quantitative estimate of drug-likeness (QED) is 0.109. The van der Waals surface area contributed by atoms with Crippen molar-refractivity contribution in [3.05, 3.63) is 113 Å². The van der Waals surface area contributed by atoms with E-state index in [1.165, 1.54) is 40.6 Å². The highest BCUT2D eigenvalue weighted by Crippen LogP contribution is 2.44. The Labute approximate surface area is 453 Å².